The van der Waals surface area contributed by atoms with Crippen molar-refractivity contribution in [2.45, 2.75) is 38.6 Å². The average molecular weight is 665 g/mol. The first-order valence-corrected chi connectivity index (χ1v) is 15.3. The van der Waals surface area contributed by atoms with Crippen LogP contribution >= 0.6 is 27.5 Å². The molecule has 43 heavy (non-hydrogen) atoms. The number of benzene rings is 3. The van der Waals surface area contributed by atoms with Crippen molar-refractivity contribution in [3.63, 3.8) is 0 Å². The molecule has 4 aromatic rings. The number of imidazole rings is 1. The van der Waals surface area contributed by atoms with Gasteiger partial charge in [0.25, 0.3) is 11.8 Å². The number of amides is 2. The van der Waals surface area contributed by atoms with E-state index in [0.29, 0.717) is 46.0 Å². The van der Waals surface area contributed by atoms with E-state index in [1.807, 2.05) is 61.5 Å². The molecule has 1 atom stereocenters. The van der Waals surface area contributed by atoms with Crippen LogP contribution in [0.25, 0.3) is 5.69 Å². The number of rotatable bonds is 6. The maximum absolute atomic E-state index is 13.8. The normalized spacial score (nSPS) is 18.0. The number of aliphatic hydroxyl groups is 1. The van der Waals surface area contributed by atoms with Crippen molar-refractivity contribution in [3.8, 4) is 5.69 Å². The minimum atomic E-state index is -0.744. The van der Waals surface area contributed by atoms with Crippen LogP contribution in [0.15, 0.2) is 82.1 Å². The van der Waals surface area contributed by atoms with Gasteiger partial charge in [0.15, 0.2) is 0 Å². The van der Waals surface area contributed by atoms with Crippen molar-refractivity contribution in [1.82, 2.24) is 19.4 Å². The Morgan fingerprint density at radius 2 is 1.72 bits per heavy atom. The van der Waals surface area contributed by atoms with Gasteiger partial charge in [0.2, 0.25) is 0 Å². The molecule has 1 saturated heterocycles. The number of β-amino-alcohol motifs (C(OH)–C–C–N with tert-alkyl or cyclic N) is 1. The summed E-state index contributed by atoms with van der Waals surface area (Å²) in [4.78, 5) is 44.9. The van der Waals surface area contributed by atoms with E-state index in [4.69, 9.17) is 11.6 Å². The van der Waals surface area contributed by atoms with Crippen molar-refractivity contribution < 1.29 is 14.7 Å². The van der Waals surface area contributed by atoms with Gasteiger partial charge in [-0.2, -0.15) is 0 Å². The molecule has 9 nitrogen and oxygen atoms in total. The largest absolute Gasteiger partial charge is 0.388 e. The molecule has 2 N–H and O–H groups in total. The summed E-state index contributed by atoms with van der Waals surface area (Å²) in [6.07, 6.45) is 0.674. The second-order valence-corrected chi connectivity index (χ2v) is 12.5. The molecule has 6 rings (SSSR count). The van der Waals surface area contributed by atoms with E-state index >= 15 is 0 Å². The van der Waals surface area contributed by atoms with Gasteiger partial charge in [-0.25, -0.2) is 4.79 Å². The maximum Gasteiger partial charge on any atom is 0.333 e. The fourth-order valence-electron chi connectivity index (χ4n) is 5.76. The van der Waals surface area contributed by atoms with Crippen molar-refractivity contribution in [3.05, 3.63) is 115 Å². The van der Waals surface area contributed by atoms with E-state index in [1.54, 1.807) is 27.7 Å². The molecule has 222 valence electrons. The van der Waals surface area contributed by atoms with Crippen molar-refractivity contribution >= 4 is 45.0 Å². The van der Waals surface area contributed by atoms with Crippen molar-refractivity contribution in [1.29, 1.82) is 0 Å². The van der Waals surface area contributed by atoms with Crippen LogP contribution in [0.4, 0.5) is 5.69 Å². The number of nitrogens with zero attached hydrogens (tertiary/aromatic N) is 4. The molecular weight excluding hydrogens is 634 g/mol. The summed E-state index contributed by atoms with van der Waals surface area (Å²) in [6, 6.07) is 22.0. The van der Waals surface area contributed by atoms with Crippen LogP contribution in [0, 0.1) is 0 Å². The molecule has 2 aliphatic rings. The predicted molar refractivity (Wildman–Crippen MR) is 169 cm³/mol. The summed E-state index contributed by atoms with van der Waals surface area (Å²) in [5.74, 6) is -0.641. The smallest absolute Gasteiger partial charge is 0.333 e. The lowest BCUT2D eigenvalue weighted by Crippen LogP contribution is -2.41. The molecule has 1 aromatic heterocycles. The van der Waals surface area contributed by atoms with Crippen LogP contribution in [0.1, 0.15) is 45.4 Å². The van der Waals surface area contributed by atoms with Crippen LogP contribution in [0.2, 0.25) is 5.02 Å². The highest BCUT2D eigenvalue weighted by Crippen LogP contribution is 2.29. The van der Waals surface area contributed by atoms with Gasteiger partial charge >= 0.3 is 5.69 Å². The van der Waals surface area contributed by atoms with Gasteiger partial charge in [-0.3, -0.25) is 18.7 Å². The number of anilines is 1. The molecular formula is C32H31BrClN5O4. The topological polar surface area (TPSA) is 99.8 Å². The monoisotopic (exact) mass is 663 g/mol. The number of aromatic nitrogens is 2. The Morgan fingerprint density at radius 1 is 1.00 bits per heavy atom. The maximum atomic E-state index is 13.8. The van der Waals surface area contributed by atoms with Gasteiger partial charge in [0.05, 0.1) is 28.5 Å². The quantitative estimate of drug-likeness (QED) is 0.314. The number of carbonyl (C=O) groups is 2. The second-order valence-electron chi connectivity index (χ2n) is 11.3. The summed E-state index contributed by atoms with van der Waals surface area (Å²) >= 11 is 9.61. The van der Waals surface area contributed by atoms with Gasteiger partial charge < -0.3 is 20.2 Å². The molecule has 11 heteroatoms. The third-order valence-electron chi connectivity index (χ3n) is 8.07. The van der Waals surface area contributed by atoms with E-state index < -0.39 is 11.5 Å². The van der Waals surface area contributed by atoms with E-state index in [0.717, 1.165) is 17.8 Å². The average Bonchev–Trinajstić information content (AvgIpc) is 3.53. The molecule has 2 amide bonds. The zero-order valence-corrected chi connectivity index (χ0v) is 25.9. The fraction of sp³-hybridized carbons (Fsp3) is 0.281. The number of hydrogen-bond acceptors (Lipinski definition) is 5. The van der Waals surface area contributed by atoms with E-state index in [-0.39, 0.29) is 36.9 Å². The van der Waals surface area contributed by atoms with E-state index in [1.165, 1.54) is 4.57 Å². The minimum Gasteiger partial charge on any atom is -0.388 e. The Morgan fingerprint density at radius 3 is 2.40 bits per heavy atom. The minimum absolute atomic E-state index is 0.0871. The third-order valence-corrected chi connectivity index (χ3v) is 9.30. The summed E-state index contributed by atoms with van der Waals surface area (Å²) in [5.41, 5.74) is 2.41. The summed E-state index contributed by atoms with van der Waals surface area (Å²) in [5, 5.41) is 13.8. The lowest BCUT2D eigenvalue weighted by molar-refractivity contribution is 0.0706. The molecule has 0 unspecified atom stereocenters. The van der Waals surface area contributed by atoms with Crippen molar-refractivity contribution in [2.75, 3.05) is 24.5 Å². The first-order chi connectivity index (χ1) is 20.6. The zero-order valence-electron chi connectivity index (χ0n) is 23.6. The molecule has 1 fully saturated rings. The predicted octanol–water partition coefficient (Wildman–Crippen LogP) is 4.60. The molecule has 3 heterocycles. The number of hydrogen-bond donors (Lipinski definition) is 2. The first-order valence-electron chi connectivity index (χ1n) is 14.1. The first kappa shape index (κ1) is 29.2. The van der Waals surface area contributed by atoms with Gasteiger partial charge in [-0.05, 0) is 77.3 Å². The third kappa shape index (κ3) is 5.87. The number of fused-ring (bicyclic) bond motifs is 1. The molecule has 0 spiro atoms. The van der Waals surface area contributed by atoms with Gasteiger partial charge in [-0.1, -0.05) is 41.9 Å². The highest BCUT2D eigenvalue weighted by Gasteiger charge is 2.33. The van der Waals surface area contributed by atoms with Crippen LogP contribution < -0.4 is 15.9 Å². The van der Waals surface area contributed by atoms with E-state index in [9.17, 15) is 19.5 Å². The lowest BCUT2D eigenvalue weighted by Gasteiger charge is -2.28. The standard InChI is InChI=1S/C32H31BrClN5O4/c1-32(43)13-14-37(20-32)23-8-10-24(11-9-23)39-28(29(40)35-18-21-5-3-2-4-6-21)27-19-36(15-16-38(27)31(39)42)30(41)22-7-12-25(33)26(34)17-22/h2-12,17,43H,13-16,18-20H2,1H3,(H,35,40)/t32-/m0/s1. The van der Waals surface area contributed by atoms with Gasteiger partial charge in [-0.15, -0.1) is 0 Å². The highest BCUT2D eigenvalue weighted by atomic mass is 79.9. The van der Waals surface area contributed by atoms with Gasteiger partial charge in [0, 0.05) is 48.4 Å². The summed E-state index contributed by atoms with van der Waals surface area (Å²) in [6.45, 7) is 4.00. The van der Waals surface area contributed by atoms with Gasteiger partial charge in [0.1, 0.15) is 5.69 Å². The lowest BCUT2D eigenvalue weighted by atomic mass is 10.1. The number of nitrogens with one attached hydrogen (secondary N) is 1. The summed E-state index contributed by atoms with van der Waals surface area (Å²) < 4.78 is 3.71. The summed E-state index contributed by atoms with van der Waals surface area (Å²) in [7, 11) is 0. The molecule has 0 aliphatic carbocycles. The van der Waals surface area contributed by atoms with Crippen molar-refractivity contribution in [2.24, 2.45) is 0 Å². The Balaban J connectivity index is 1.36. The van der Waals surface area contributed by atoms with Crippen LogP contribution in [0.3, 0.4) is 0 Å². The number of halogens is 2. The fourth-order valence-corrected chi connectivity index (χ4v) is 6.18. The van der Waals surface area contributed by atoms with Crippen LogP contribution in [0.5, 0.6) is 0 Å². The Labute approximate surface area is 262 Å². The molecule has 3 aromatic carbocycles. The molecule has 0 bridgehead atoms. The SMILES string of the molecule is C[C@]1(O)CCN(c2ccc(-n3c(C(=O)NCc4ccccc4)c4n(c3=O)CCN(C(=O)c3ccc(Br)c(Cl)c3)C4)cc2)C1. The van der Waals surface area contributed by atoms with E-state index in [2.05, 4.69) is 26.1 Å². The molecule has 2 aliphatic heterocycles. The Hall–Kier alpha value is -3.86. The molecule has 0 radical (unpaired) electrons. The Bertz CT molecular complexity index is 1750. The number of carbonyl (C=O) groups excluding carboxylic acids is 2. The van der Waals surface area contributed by atoms with Crippen LogP contribution in [-0.4, -0.2) is 56.2 Å². The second kappa shape index (κ2) is 11.7. The molecule has 0 saturated carbocycles. The zero-order chi connectivity index (χ0) is 30.3. The Kier molecular flexibility index (Phi) is 7.93. The van der Waals surface area contributed by atoms with Crippen LogP contribution in [-0.2, 0) is 19.6 Å². The highest BCUT2D eigenvalue weighted by molar-refractivity contribution is 9.10.